The number of esters is 1. The van der Waals surface area contributed by atoms with Gasteiger partial charge in [0.15, 0.2) is 0 Å². The lowest BCUT2D eigenvalue weighted by Gasteiger charge is -2.16. The molecule has 0 saturated carbocycles. The fraction of sp³-hybridized carbons (Fsp3) is 0.385. The van der Waals surface area contributed by atoms with Crippen LogP contribution in [0.2, 0.25) is 5.02 Å². The van der Waals surface area contributed by atoms with Gasteiger partial charge in [-0.2, -0.15) is 0 Å². The average Bonchev–Trinajstić information content (AvgIpc) is 2.73. The van der Waals surface area contributed by atoms with Gasteiger partial charge in [0, 0.05) is 17.3 Å². The molecule has 1 aromatic rings. The van der Waals surface area contributed by atoms with Crippen LogP contribution in [0.5, 0.6) is 0 Å². The van der Waals surface area contributed by atoms with Gasteiger partial charge in [0.05, 0.1) is 6.61 Å². The van der Waals surface area contributed by atoms with Gasteiger partial charge in [-0.3, -0.25) is 9.59 Å². The largest absolute Gasteiger partial charge is 0.465 e. The van der Waals surface area contributed by atoms with Crippen LogP contribution in [0.3, 0.4) is 0 Å². The minimum Gasteiger partial charge on any atom is -0.465 e. The summed E-state index contributed by atoms with van der Waals surface area (Å²) in [5.74, 6) is -1.30. The first kappa shape index (κ1) is 12.9. The van der Waals surface area contributed by atoms with Crippen molar-refractivity contribution >= 4 is 29.2 Å². The molecule has 0 aliphatic carbocycles. The highest BCUT2D eigenvalue weighted by atomic mass is 35.5. The van der Waals surface area contributed by atoms with E-state index in [1.165, 1.54) is 0 Å². The van der Waals surface area contributed by atoms with Crippen LogP contribution in [0.4, 0.5) is 5.69 Å². The van der Waals surface area contributed by atoms with Crippen molar-refractivity contribution in [1.29, 1.82) is 0 Å². The van der Waals surface area contributed by atoms with E-state index in [1.54, 1.807) is 36.1 Å². The Morgan fingerprint density at radius 3 is 2.72 bits per heavy atom. The van der Waals surface area contributed by atoms with Crippen molar-refractivity contribution in [2.45, 2.75) is 13.3 Å². The molecule has 5 heteroatoms. The maximum absolute atomic E-state index is 12.1. The van der Waals surface area contributed by atoms with E-state index in [2.05, 4.69) is 0 Å². The number of hydrogen-bond acceptors (Lipinski definition) is 3. The van der Waals surface area contributed by atoms with Crippen molar-refractivity contribution in [1.82, 2.24) is 0 Å². The zero-order chi connectivity index (χ0) is 13.1. The Balaban J connectivity index is 2.12. The van der Waals surface area contributed by atoms with Gasteiger partial charge in [0.25, 0.3) is 0 Å². The average molecular weight is 268 g/mol. The highest BCUT2D eigenvalue weighted by Crippen LogP contribution is 2.27. The maximum Gasteiger partial charge on any atom is 0.318 e. The van der Waals surface area contributed by atoms with Crippen LogP contribution in [-0.2, 0) is 14.3 Å². The predicted octanol–water partition coefficient (Wildman–Crippen LogP) is 2.26. The van der Waals surface area contributed by atoms with Crippen LogP contribution in [0, 0.1) is 5.92 Å². The first-order valence-electron chi connectivity index (χ1n) is 5.87. The van der Waals surface area contributed by atoms with Crippen molar-refractivity contribution in [2.75, 3.05) is 18.1 Å². The molecule has 0 N–H and O–H groups in total. The number of hydrogen-bond donors (Lipinski definition) is 0. The summed E-state index contributed by atoms with van der Waals surface area (Å²) < 4.78 is 4.89. The summed E-state index contributed by atoms with van der Waals surface area (Å²) in [6.45, 7) is 2.56. The number of amides is 1. The molecule has 0 spiro atoms. The van der Waals surface area contributed by atoms with Crippen LogP contribution in [-0.4, -0.2) is 25.0 Å². The van der Waals surface area contributed by atoms with Gasteiger partial charge in [0.2, 0.25) is 5.91 Å². The molecule has 2 rings (SSSR count). The first-order valence-corrected chi connectivity index (χ1v) is 6.25. The Bertz CT molecular complexity index is 458. The highest BCUT2D eigenvalue weighted by molar-refractivity contribution is 6.30. The van der Waals surface area contributed by atoms with Crippen molar-refractivity contribution in [2.24, 2.45) is 5.92 Å². The molecule has 1 atom stereocenters. The minimum absolute atomic E-state index is 0.198. The number of carbonyl (C=O) groups excluding carboxylic acids is 2. The molecule has 1 unspecified atom stereocenters. The molecule has 0 bridgehead atoms. The van der Waals surface area contributed by atoms with Gasteiger partial charge in [-0.1, -0.05) is 11.6 Å². The van der Waals surface area contributed by atoms with Crippen molar-refractivity contribution in [3.63, 3.8) is 0 Å². The summed E-state index contributed by atoms with van der Waals surface area (Å²) in [6, 6.07) is 6.99. The van der Waals surface area contributed by atoms with Crippen molar-refractivity contribution in [3.8, 4) is 0 Å². The molecule has 4 nitrogen and oxygen atoms in total. The Morgan fingerprint density at radius 1 is 1.44 bits per heavy atom. The van der Waals surface area contributed by atoms with Gasteiger partial charge >= 0.3 is 5.97 Å². The fourth-order valence-electron chi connectivity index (χ4n) is 2.02. The van der Waals surface area contributed by atoms with E-state index >= 15 is 0 Å². The third-order valence-electron chi connectivity index (χ3n) is 2.91. The molecule has 96 valence electrons. The molecule has 18 heavy (non-hydrogen) atoms. The van der Waals surface area contributed by atoms with Gasteiger partial charge in [-0.05, 0) is 37.6 Å². The number of halogens is 1. The lowest BCUT2D eigenvalue weighted by atomic mass is 10.1. The molecule has 0 aromatic heterocycles. The molecule has 1 fully saturated rings. The van der Waals surface area contributed by atoms with E-state index in [9.17, 15) is 9.59 Å². The number of nitrogens with zero attached hydrogens (tertiary/aromatic N) is 1. The molecule has 1 amide bonds. The van der Waals surface area contributed by atoms with E-state index in [4.69, 9.17) is 16.3 Å². The summed E-state index contributed by atoms with van der Waals surface area (Å²) >= 11 is 5.80. The van der Waals surface area contributed by atoms with Gasteiger partial charge in [0.1, 0.15) is 5.92 Å². The van der Waals surface area contributed by atoms with E-state index in [-0.39, 0.29) is 5.91 Å². The van der Waals surface area contributed by atoms with E-state index in [0.29, 0.717) is 24.6 Å². The summed E-state index contributed by atoms with van der Waals surface area (Å²) in [5.41, 5.74) is 0.760. The Hall–Kier alpha value is -1.55. The quantitative estimate of drug-likeness (QED) is 0.623. The SMILES string of the molecule is CCOC(=O)C1CCN(c2ccc(Cl)cc2)C1=O. The maximum atomic E-state index is 12.1. The van der Waals surface area contributed by atoms with Crippen LogP contribution >= 0.6 is 11.6 Å². The normalized spacial score (nSPS) is 19.1. The Labute approximate surface area is 110 Å². The number of carbonyl (C=O) groups is 2. The third-order valence-corrected chi connectivity index (χ3v) is 3.17. The monoisotopic (exact) mass is 267 g/mol. The second-order valence-corrected chi connectivity index (χ2v) is 4.50. The lowest BCUT2D eigenvalue weighted by molar-refractivity contribution is -0.150. The number of ether oxygens (including phenoxy) is 1. The van der Waals surface area contributed by atoms with Gasteiger partial charge in [-0.15, -0.1) is 0 Å². The topological polar surface area (TPSA) is 46.6 Å². The van der Waals surface area contributed by atoms with Crippen LogP contribution in [0.15, 0.2) is 24.3 Å². The molecule has 1 saturated heterocycles. The molecular weight excluding hydrogens is 254 g/mol. The molecule has 1 aromatic carbocycles. The van der Waals surface area contributed by atoms with Crippen LogP contribution < -0.4 is 4.90 Å². The van der Waals surface area contributed by atoms with Gasteiger partial charge in [-0.25, -0.2) is 0 Å². The Kier molecular flexibility index (Phi) is 3.87. The third kappa shape index (κ3) is 2.48. The zero-order valence-corrected chi connectivity index (χ0v) is 10.8. The molecule has 1 heterocycles. The van der Waals surface area contributed by atoms with Crippen molar-refractivity contribution in [3.05, 3.63) is 29.3 Å². The van der Waals surface area contributed by atoms with Crippen LogP contribution in [0.1, 0.15) is 13.3 Å². The summed E-state index contributed by atoms with van der Waals surface area (Å²) in [4.78, 5) is 25.3. The predicted molar refractivity (Wildman–Crippen MR) is 68.5 cm³/mol. The second kappa shape index (κ2) is 5.40. The lowest BCUT2D eigenvalue weighted by Crippen LogP contribution is -2.31. The standard InChI is InChI=1S/C13H14ClNO3/c1-2-18-13(17)11-7-8-15(12(11)16)10-5-3-9(14)4-6-10/h3-6,11H,2,7-8H2,1H3. The van der Waals surface area contributed by atoms with Gasteiger partial charge < -0.3 is 9.64 Å². The molecule has 1 aliphatic rings. The smallest absolute Gasteiger partial charge is 0.318 e. The molecular formula is C13H14ClNO3. The van der Waals surface area contributed by atoms with Crippen molar-refractivity contribution < 1.29 is 14.3 Å². The first-order chi connectivity index (χ1) is 8.63. The highest BCUT2D eigenvalue weighted by Gasteiger charge is 2.38. The summed E-state index contributed by atoms with van der Waals surface area (Å²) in [6.07, 6.45) is 0.500. The summed E-state index contributed by atoms with van der Waals surface area (Å²) in [5, 5.41) is 0.618. The van der Waals surface area contributed by atoms with E-state index in [0.717, 1.165) is 5.69 Å². The van der Waals surface area contributed by atoms with E-state index < -0.39 is 11.9 Å². The fourth-order valence-corrected chi connectivity index (χ4v) is 2.14. The second-order valence-electron chi connectivity index (χ2n) is 4.06. The number of benzene rings is 1. The number of rotatable bonds is 3. The van der Waals surface area contributed by atoms with Crippen LogP contribution in [0.25, 0.3) is 0 Å². The number of anilines is 1. The molecule has 1 aliphatic heterocycles. The summed E-state index contributed by atoms with van der Waals surface area (Å²) in [7, 11) is 0. The van der Waals surface area contributed by atoms with E-state index in [1.807, 2.05) is 0 Å². The minimum atomic E-state index is -0.666. The molecule has 0 radical (unpaired) electrons. The Morgan fingerprint density at radius 2 is 2.11 bits per heavy atom. The zero-order valence-electron chi connectivity index (χ0n) is 10.1.